The molecule has 0 rings (SSSR count). The average Bonchev–Trinajstić information content (AvgIpc) is 2.35. The first kappa shape index (κ1) is 16.4. The quantitative estimate of drug-likeness (QED) is 0.237. The summed E-state index contributed by atoms with van der Waals surface area (Å²) in [5, 5.41) is 0. The van der Waals surface area contributed by atoms with E-state index in [0.717, 1.165) is 12.7 Å². The van der Waals surface area contributed by atoms with Crippen LogP contribution >= 0.6 is 0 Å². The number of aldehydes is 1. The molecule has 0 aromatic rings. The van der Waals surface area contributed by atoms with Crippen molar-refractivity contribution in [1.82, 2.24) is 0 Å². The van der Waals surface area contributed by atoms with E-state index in [2.05, 4.69) is 19.1 Å². The lowest BCUT2D eigenvalue weighted by molar-refractivity contribution is -0.107. The van der Waals surface area contributed by atoms with Crippen LogP contribution in [0.4, 0.5) is 0 Å². The largest absolute Gasteiger partial charge is 0.303 e. The van der Waals surface area contributed by atoms with E-state index >= 15 is 0 Å². The van der Waals surface area contributed by atoms with E-state index in [1.54, 1.807) is 0 Å². The summed E-state index contributed by atoms with van der Waals surface area (Å²) in [6.07, 6.45) is 20.7. The second-order valence-corrected chi connectivity index (χ2v) is 4.83. The van der Waals surface area contributed by atoms with Crippen molar-refractivity contribution in [2.75, 3.05) is 0 Å². The molecule has 0 aliphatic heterocycles. The van der Waals surface area contributed by atoms with Crippen LogP contribution in [0.1, 0.15) is 84.0 Å². The van der Waals surface area contributed by atoms with Gasteiger partial charge < -0.3 is 4.79 Å². The van der Waals surface area contributed by atoms with Gasteiger partial charge in [0.25, 0.3) is 0 Å². The van der Waals surface area contributed by atoms with E-state index in [4.69, 9.17) is 0 Å². The molecule has 0 saturated carbocycles. The zero-order valence-electron chi connectivity index (χ0n) is 11.6. The van der Waals surface area contributed by atoms with Crippen LogP contribution in [0.15, 0.2) is 12.2 Å². The molecule has 0 fully saturated rings. The van der Waals surface area contributed by atoms with Gasteiger partial charge in [0.05, 0.1) is 0 Å². The lowest BCUT2D eigenvalue weighted by Crippen LogP contribution is -1.80. The summed E-state index contributed by atoms with van der Waals surface area (Å²) in [5.74, 6) is 0. The summed E-state index contributed by atoms with van der Waals surface area (Å²) in [4.78, 5) is 10.1. The van der Waals surface area contributed by atoms with E-state index in [0.29, 0.717) is 6.42 Å². The number of carbonyl (C=O) groups is 1. The summed E-state index contributed by atoms with van der Waals surface area (Å²) in [7, 11) is 0. The molecule has 1 nitrogen and oxygen atoms in total. The van der Waals surface area contributed by atoms with E-state index < -0.39 is 0 Å². The predicted octanol–water partition coefficient (Wildman–Crippen LogP) is 5.44. The molecule has 1 heteroatoms. The standard InChI is InChI=1S/C16H30O/c1-2-3-4-5-6-7-8-9-10-11-12-13-14-15-16-17/h12-13,16H,2-11,14-15H2,1H3/b13-12+. The molecule has 0 aliphatic rings. The maximum absolute atomic E-state index is 10.1. The third-order valence-electron chi connectivity index (χ3n) is 3.09. The number of hydrogen-bond acceptors (Lipinski definition) is 1. The molecular weight excluding hydrogens is 208 g/mol. The van der Waals surface area contributed by atoms with Gasteiger partial charge in [-0.2, -0.15) is 0 Å². The molecule has 0 atom stereocenters. The minimum atomic E-state index is 0.675. The lowest BCUT2D eigenvalue weighted by Gasteiger charge is -2.00. The molecule has 0 N–H and O–H groups in total. The molecule has 0 spiro atoms. The van der Waals surface area contributed by atoms with Crippen LogP contribution in [0.2, 0.25) is 0 Å². The van der Waals surface area contributed by atoms with Gasteiger partial charge in [-0.15, -0.1) is 0 Å². The Morgan fingerprint density at radius 1 is 0.647 bits per heavy atom. The first-order valence-corrected chi connectivity index (χ1v) is 7.50. The Hall–Kier alpha value is -0.590. The normalized spacial score (nSPS) is 11.1. The third-order valence-corrected chi connectivity index (χ3v) is 3.09. The summed E-state index contributed by atoms with van der Waals surface area (Å²) < 4.78 is 0. The summed E-state index contributed by atoms with van der Waals surface area (Å²) in [5.41, 5.74) is 0. The first-order valence-electron chi connectivity index (χ1n) is 7.50. The zero-order chi connectivity index (χ0) is 12.6. The van der Waals surface area contributed by atoms with Crippen LogP contribution in [0.3, 0.4) is 0 Å². The van der Waals surface area contributed by atoms with Crippen molar-refractivity contribution in [3.05, 3.63) is 12.2 Å². The van der Waals surface area contributed by atoms with Gasteiger partial charge >= 0.3 is 0 Å². The van der Waals surface area contributed by atoms with Crippen molar-refractivity contribution >= 4 is 6.29 Å². The molecule has 0 aromatic heterocycles. The van der Waals surface area contributed by atoms with Crippen molar-refractivity contribution < 1.29 is 4.79 Å². The number of allylic oxidation sites excluding steroid dienone is 2. The highest BCUT2D eigenvalue weighted by Crippen LogP contribution is 2.10. The maximum atomic E-state index is 10.1. The van der Waals surface area contributed by atoms with Crippen molar-refractivity contribution in [1.29, 1.82) is 0 Å². The highest BCUT2D eigenvalue weighted by Gasteiger charge is 1.91. The third kappa shape index (κ3) is 15.4. The minimum Gasteiger partial charge on any atom is -0.303 e. The lowest BCUT2D eigenvalue weighted by atomic mass is 10.1. The van der Waals surface area contributed by atoms with Gasteiger partial charge in [-0.1, -0.05) is 70.4 Å². The molecule has 0 bridgehead atoms. The average molecular weight is 238 g/mol. The molecule has 0 radical (unpaired) electrons. The molecule has 0 unspecified atom stereocenters. The topological polar surface area (TPSA) is 17.1 Å². The van der Waals surface area contributed by atoms with Crippen molar-refractivity contribution in [3.63, 3.8) is 0 Å². The fraction of sp³-hybridized carbons (Fsp3) is 0.812. The van der Waals surface area contributed by atoms with E-state index in [-0.39, 0.29) is 0 Å². The molecule has 17 heavy (non-hydrogen) atoms. The molecule has 100 valence electrons. The Morgan fingerprint density at radius 3 is 1.76 bits per heavy atom. The summed E-state index contributed by atoms with van der Waals surface area (Å²) >= 11 is 0. The maximum Gasteiger partial charge on any atom is 0.120 e. The van der Waals surface area contributed by atoms with Gasteiger partial charge in [0.1, 0.15) is 6.29 Å². The predicted molar refractivity (Wildman–Crippen MR) is 76.3 cm³/mol. The molecule has 0 heterocycles. The summed E-state index contributed by atoms with van der Waals surface area (Å²) in [6, 6.07) is 0. The van der Waals surface area contributed by atoms with Crippen molar-refractivity contribution in [2.24, 2.45) is 0 Å². The number of hydrogen-bond donors (Lipinski definition) is 0. The smallest absolute Gasteiger partial charge is 0.120 e. The Kier molecular flexibility index (Phi) is 14.9. The van der Waals surface area contributed by atoms with E-state index in [1.807, 2.05) is 0 Å². The second-order valence-electron chi connectivity index (χ2n) is 4.83. The Bertz CT molecular complexity index is 172. The van der Waals surface area contributed by atoms with Gasteiger partial charge in [-0.25, -0.2) is 0 Å². The van der Waals surface area contributed by atoms with Gasteiger partial charge in [-0.3, -0.25) is 0 Å². The van der Waals surface area contributed by atoms with Gasteiger partial charge in [0.15, 0.2) is 0 Å². The number of rotatable bonds is 13. The highest BCUT2D eigenvalue weighted by molar-refractivity contribution is 5.49. The van der Waals surface area contributed by atoms with Crippen LogP contribution < -0.4 is 0 Å². The van der Waals surface area contributed by atoms with E-state index in [9.17, 15) is 4.79 Å². The van der Waals surface area contributed by atoms with Crippen LogP contribution in [-0.2, 0) is 4.79 Å². The van der Waals surface area contributed by atoms with Crippen molar-refractivity contribution in [3.8, 4) is 0 Å². The molecular formula is C16H30O. The van der Waals surface area contributed by atoms with Crippen LogP contribution in [-0.4, -0.2) is 6.29 Å². The summed E-state index contributed by atoms with van der Waals surface area (Å²) in [6.45, 7) is 2.27. The molecule has 0 aliphatic carbocycles. The molecule has 0 saturated heterocycles. The van der Waals surface area contributed by atoms with Crippen molar-refractivity contribution in [2.45, 2.75) is 84.0 Å². The highest BCUT2D eigenvalue weighted by atomic mass is 16.1. The Labute approximate surface area is 108 Å². The van der Waals surface area contributed by atoms with Crippen LogP contribution in [0.5, 0.6) is 0 Å². The van der Waals surface area contributed by atoms with E-state index in [1.165, 1.54) is 64.2 Å². The zero-order valence-corrected chi connectivity index (χ0v) is 11.6. The number of unbranched alkanes of at least 4 members (excludes halogenated alkanes) is 10. The number of carbonyl (C=O) groups excluding carboxylic acids is 1. The van der Waals surface area contributed by atoms with Crippen LogP contribution in [0, 0.1) is 0 Å². The molecule has 0 amide bonds. The fourth-order valence-corrected chi connectivity index (χ4v) is 1.97. The first-order chi connectivity index (χ1) is 8.41. The monoisotopic (exact) mass is 238 g/mol. The minimum absolute atomic E-state index is 0.675. The SMILES string of the molecule is CCCCCCCCCCC/C=C/CCC=O. The van der Waals surface area contributed by atoms with Gasteiger partial charge in [0.2, 0.25) is 0 Å². The molecule has 0 aromatic carbocycles. The Morgan fingerprint density at radius 2 is 1.18 bits per heavy atom. The van der Waals surface area contributed by atoms with Crippen LogP contribution in [0.25, 0.3) is 0 Å². The fourth-order valence-electron chi connectivity index (χ4n) is 1.97. The van der Waals surface area contributed by atoms with Gasteiger partial charge in [-0.05, 0) is 19.3 Å². The van der Waals surface area contributed by atoms with Gasteiger partial charge in [0, 0.05) is 6.42 Å². The second kappa shape index (κ2) is 15.4. The Balaban J connectivity index is 2.98.